The van der Waals surface area contributed by atoms with Crippen LogP contribution in [0.15, 0.2) is 24.3 Å². The quantitative estimate of drug-likeness (QED) is 0.731. The molecule has 1 rings (SSSR count). The first kappa shape index (κ1) is 12.9. The zero-order chi connectivity index (χ0) is 12.2. The van der Waals surface area contributed by atoms with Crippen molar-refractivity contribution in [2.75, 3.05) is 0 Å². The number of hydrogen-bond acceptors (Lipinski definition) is 1. The molecule has 0 fully saturated rings. The summed E-state index contributed by atoms with van der Waals surface area (Å²) in [5.74, 6) is 0.216. The van der Waals surface area contributed by atoms with E-state index in [4.69, 9.17) is 0 Å². The normalized spacial score (nSPS) is 11.9. The van der Waals surface area contributed by atoms with E-state index in [1.54, 1.807) is 12.1 Å². The van der Waals surface area contributed by atoms with Crippen LogP contribution in [0, 0.1) is 5.41 Å². The van der Waals surface area contributed by atoms with Gasteiger partial charge in [0.15, 0.2) is 0 Å². The fourth-order valence-electron chi connectivity index (χ4n) is 1.47. The van der Waals surface area contributed by atoms with E-state index >= 15 is 0 Å². The Kier molecular flexibility index (Phi) is 4.27. The van der Waals surface area contributed by atoms with Gasteiger partial charge < -0.3 is 4.74 Å². The summed E-state index contributed by atoms with van der Waals surface area (Å²) in [5, 5.41) is 0. The smallest absolute Gasteiger partial charge is 0.387 e. The zero-order valence-corrected chi connectivity index (χ0v) is 9.97. The second-order valence-corrected chi connectivity index (χ2v) is 4.72. The minimum atomic E-state index is -2.75. The second kappa shape index (κ2) is 5.28. The third kappa shape index (κ3) is 4.17. The van der Waals surface area contributed by atoms with Gasteiger partial charge in [-0.2, -0.15) is 8.78 Å². The Hall–Kier alpha value is -1.12. The molecule has 1 aromatic carbocycles. The van der Waals surface area contributed by atoms with Gasteiger partial charge in [-0.3, -0.25) is 0 Å². The van der Waals surface area contributed by atoms with E-state index in [0.717, 1.165) is 18.4 Å². The van der Waals surface area contributed by atoms with E-state index in [1.165, 1.54) is 0 Å². The van der Waals surface area contributed by atoms with Gasteiger partial charge in [0, 0.05) is 0 Å². The van der Waals surface area contributed by atoms with Crippen LogP contribution in [-0.2, 0) is 6.42 Å². The number of halogens is 2. The fourth-order valence-corrected chi connectivity index (χ4v) is 1.47. The molecule has 16 heavy (non-hydrogen) atoms. The lowest BCUT2D eigenvalue weighted by Gasteiger charge is -2.22. The van der Waals surface area contributed by atoms with Crippen molar-refractivity contribution < 1.29 is 13.5 Å². The third-order valence-corrected chi connectivity index (χ3v) is 2.79. The van der Waals surface area contributed by atoms with Crippen molar-refractivity contribution in [3.05, 3.63) is 29.8 Å². The molecule has 0 aliphatic heterocycles. The fraction of sp³-hybridized carbons (Fsp3) is 0.538. The number of rotatable bonds is 5. The molecule has 0 unspecified atom stereocenters. The van der Waals surface area contributed by atoms with Crippen LogP contribution in [0.5, 0.6) is 5.75 Å². The lowest BCUT2D eigenvalue weighted by atomic mass is 9.83. The maximum atomic E-state index is 11.9. The Morgan fingerprint density at radius 1 is 1.19 bits per heavy atom. The van der Waals surface area contributed by atoms with E-state index in [-0.39, 0.29) is 11.2 Å². The molecule has 1 aromatic rings. The second-order valence-electron chi connectivity index (χ2n) is 4.72. The highest BCUT2D eigenvalue weighted by Crippen LogP contribution is 2.26. The van der Waals surface area contributed by atoms with Crippen LogP contribution in [0.4, 0.5) is 8.78 Å². The minimum Gasteiger partial charge on any atom is -0.435 e. The summed E-state index contributed by atoms with van der Waals surface area (Å²) in [4.78, 5) is 0. The molecule has 0 aliphatic carbocycles. The summed E-state index contributed by atoms with van der Waals surface area (Å²) in [7, 11) is 0. The zero-order valence-electron chi connectivity index (χ0n) is 9.97. The Morgan fingerprint density at radius 2 is 1.75 bits per heavy atom. The first-order valence-electron chi connectivity index (χ1n) is 5.47. The summed E-state index contributed by atoms with van der Waals surface area (Å²) in [6.45, 7) is 3.78. The molecule has 90 valence electrons. The van der Waals surface area contributed by atoms with Crippen molar-refractivity contribution in [1.29, 1.82) is 0 Å². The monoisotopic (exact) mass is 228 g/mol. The summed E-state index contributed by atoms with van der Waals surface area (Å²) in [5.41, 5.74) is 1.39. The molecule has 0 saturated carbocycles. The molecule has 0 aliphatic rings. The SMILES string of the molecule is CCC(C)(C)Cc1ccc(OC(F)F)cc1. The molecule has 3 heteroatoms. The summed E-state index contributed by atoms with van der Waals surface area (Å²) >= 11 is 0. The van der Waals surface area contributed by atoms with Crippen molar-refractivity contribution in [1.82, 2.24) is 0 Å². The van der Waals surface area contributed by atoms with Crippen LogP contribution < -0.4 is 4.74 Å². The van der Waals surface area contributed by atoms with Gasteiger partial charge in [-0.05, 0) is 29.5 Å². The van der Waals surface area contributed by atoms with E-state index < -0.39 is 6.61 Å². The Morgan fingerprint density at radius 3 is 2.19 bits per heavy atom. The Balaban J connectivity index is 2.64. The topological polar surface area (TPSA) is 9.23 Å². The van der Waals surface area contributed by atoms with Gasteiger partial charge in [0.1, 0.15) is 5.75 Å². The van der Waals surface area contributed by atoms with Crippen LogP contribution in [-0.4, -0.2) is 6.61 Å². The maximum Gasteiger partial charge on any atom is 0.387 e. The Labute approximate surface area is 95.4 Å². The molecule has 1 nitrogen and oxygen atoms in total. The lowest BCUT2D eigenvalue weighted by Crippen LogP contribution is -2.13. The number of ether oxygens (including phenoxy) is 1. The molecule has 0 atom stereocenters. The predicted molar refractivity (Wildman–Crippen MR) is 60.9 cm³/mol. The van der Waals surface area contributed by atoms with Gasteiger partial charge in [-0.25, -0.2) is 0 Å². The highest BCUT2D eigenvalue weighted by molar-refractivity contribution is 5.27. The van der Waals surface area contributed by atoms with Crippen LogP contribution in [0.25, 0.3) is 0 Å². The molecule has 0 radical (unpaired) electrons. The van der Waals surface area contributed by atoms with Crippen LogP contribution in [0.1, 0.15) is 32.8 Å². The number of benzene rings is 1. The third-order valence-electron chi connectivity index (χ3n) is 2.79. The van der Waals surface area contributed by atoms with Gasteiger partial charge in [0.25, 0.3) is 0 Å². The van der Waals surface area contributed by atoms with E-state index in [1.807, 2.05) is 12.1 Å². The van der Waals surface area contributed by atoms with Gasteiger partial charge >= 0.3 is 6.61 Å². The van der Waals surface area contributed by atoms with Gasteiger partial charge in [0.05, 0.1) is 0 Å². The molecule has 0 spiro atoms. The standard InChI is InChI=1S/C13H18F2O/c1-4-13(2,3)9-10-5-7-11(8-6-10)16-12(14)15/h5-8,12H,4,9H2,1-3H3. The van der Waals surface area contributed by atoms with E-state index in [9.17, 15) is 8.78 Å². The van der Waals surface area contributed by atoms with Gasteiger partial charge in [-0.1, -0.05) is 39.3 Å². The predicted octanol–water partition coefficient (Wildman–Crippen LogP) is 4.27. The average molecular weight is 228 g/mol. The molecule has 0 bridgehead atoms. The van der Waals surface area contributed by atoms with Crippen molar-refractivity contribution in [3.63, 3.8) is 0 Å². The van der Waals surface area contributed by atoms with Crippen LogP contribution in [0.3, 0.4) is 0 Å². The average Bonchev–Trinajstić information content (AvgIpc) is 2.20. The minimum absolute atomic E-state index is 0.216. The highest BCUT2D eigenvalue weighted by atomic mass is 19.3. The maximum absolute atomic E-state index is 11.9. The molecular formula is C13H18F2O. The molecule has 0 saturated heterocycles. The van der Waals surface area contributed by atoms with Crippen molar-refractivity contribution in [3.8, 4) is 5.75 Å². The van der Waals surface area contributed by atoms with Crippen molar-refractivity contribution in [2.24, 2.45) is 5.41 Å². The molecular weight excluding hydrogens is 210 g/mol. The summed E-state index contributed by atoms with van der Waals surface area (Å²) in [6, 6.07) is 6.87. The van der Waals surface area contributed by atoms with Crippen LogP contribution in [0.2, 0.25) is 0 Å². The van der Waals surface area contributed by atoms with Gasteiger partial charge in [-0.15, -0.1) is 0 Å². The molecule has 0 N–H and O–H groups in total. The van der Waals surface area contributed by atoms with Crippen molar-refractivity contribution in [2.45, 2.75) is 40.2 Å². The lowest BCUT2D eigenvalue weighted by molar-refractivity contribution is -0.0498. The molecule has 0 aromatic heterocycles. The first-order valence-corrected chi connectivity index (χ1v) is 5.47. The van der Waals surface area contributed by atoms with Crippen molar-refractivity contribution >= 4 is 0 Å². The Bertz CT molecular complexity index is 317. The summed E-state index contributed by atoms with van der Waals surface area (Å²) in [6.07, 6.45) is 2.03. The molecule has 0 amide bonds. The van der Waals surface area contributed by atoms with Crippen LogP contribution >= 0.6 is 0 Å². The van der Waals surface area contributed by atoms with E-state index in [2.05, 4.69) is 25.5 Å². The highest BCUT2D eigenvalue weighted by Gasteiger charge is 2.15. The number of alkyl halides is 2. The number of hydrogen-bond donors (Lipinski definition) is 0. The summed E-state index contributed by atoms with van der Waals surface area (Å²) < 4.78 is 28.1. The first-order chi connectivity index (χ1) is 7.43. The van der Waals surface area contributed by atoms with E-state index in [0.29, 0.717) is 0 Å². The largest absolute Gasteiger partial charge is 0.435 e. The molecule has 0 heterocycles. The van der Waals surface area contributed by atoms with Gasteiger partial charge in [0.2, 0.25) is 0 Å².